The molecule has 0 spiro atoms. The van der Waals surface area contributed by atoms with Crippen LogP contribution in [0.4, 0.5) is 0 Å². The Morgan fingerprint density at radius 3 is 2.87 bits per heavy atom. The number of thiazole rings is 1. The van der Waals surface area contributed by atoms with Crippen LogP contribution in [0.5, 0.6) is 0 Å². The van der Waals surface area contributed by atoms with Crippen molar-refractivity contribution in [3.63, 3.8) is 0 Å². The smallest absolute Gasteiger partial charge is 0.117 e. The van der Waals surface area contributed by atoms with Gasteiger partial charge >= 0.3 is 0 Å². The van der Waals surface area contributed by atoms with Crippen molar-refractivity contribution in [3.05, 3.63) is 26.6 Å². The molecule has 0 aliphatic rings. The van der Waals surface area contributed by atoms with Crippen molar-refractivity contribution < 1.29 is 5.11 Å². The molecule has 1 N–H and O–H groups in total. The number of rotatable bonds is 4. The van der Waals surface area contributed by atoms with Crippen molar-refractivity contribution in [2.45, 2.75) is 31.8 Å². The van der Waals surface area contributed by atoms with Crippen LogP contribution in [-0.4, -0.2) is 16.2 Å². The Morgan fingerprint density at radius 2 is 2.40 bits per heavy atom. The highest BCUT2D eigenvalue weighted by atomic mass is 79.9. The fraction of sp³-hybridized carbons (Fsp3) is 0.500. The molecule has 5 heteroatoms. The number of halogens is 2. The quantitative estimate of drug-likeness (QED) is 0.920. The number of nitrogens with zero attached hydrogens (tertiary/aromatic N) is 1. The van der Waals surface area contributed by atoms with E-state index in [1.807, 2.05) is 19.2 Å². The highest BCUT2D eigenvalue weighted by Gasteiger charge is 2.31. The summed E-state index contributed by atoms with van der Waals surface area (Å²) >= 11 is 10.3. The van der Waals surface area contributed by atoms with Gasteiger partial charge in [-0.05, 0) is 22.4 Å². The second-order valence-electron chi connectivity index (χ2n) is 3.81. The van der Waals surface area contributed by atoms with E-state index in [-0.39, 0.29) is 5.41 Å². The highest BCUT2D eigenvalue weighted by Crippen LogP contribution is 2.32. The molecule has 1 heterocycles. The number of aliphatic hydroxyl groups excluding tert-OH is 1. The molecule has 2 nitrogen and oxygen atoms in total. The van der Waals surface area contributed by atoms with Crippen molar-refractivity contribution >= 4 is 38.9 Å². The van der Waals surface area contributed by atoms with Gasteiger partial charge in [-0.25, -0.2) is 4.98 Å². The molecule has 0 aliphatic carbocycles. The summed E-state index contributed by atoms with van der Waals surface area (Å²) in [6.45, 7) is 3.95. The van der Waals surface area contributed by atoms with Gasteiger partial charge in [-0.2, -0.15) is 0 Å². The highest BCUT2D eigenvalue weighted by molar-refractivity contribution is 9.10. The van der Waals surface area contributed by atoms with Crippen molar-refractivity contribution in [1.29, 1.82) is 0 Å². The third-order valence-electron chi connectivity index (χ3n) is 2.31. The molecule has 1 rings (SSSR count). The fourth-order valence-electron chi connectivity index (χ4n) is 1.17. The van der Waals surface area contributed by atoms with Gasteiger partial charge in [0, 0.05) is 16.3 Å². The minimum Gasteiger partial charge on any atom is -0.392 e. The summed E-state index contributed by atoms with van der Waals surface area (Å²) in [6, 6.07) is 0. The first-order valence-electron chi connectivity index (χ1n) is 4.53. The van der Waals surface area contributed by atoms with Crippen LogP contribution in [0.2, 0.25) is 0 Å². The van der Waals surface area contributed by atoms with E-state index in [1.54, 1.807) is 17.4 Å². The van der Waals surface area contributed by atoms with E-state index in [1.165, 1.54) is 5.54 Å². The molecule has 0 unspecified atom stereocenters. The number of aliphatic hydroxyl groups is 1. The zero-order chi connectivity index (χ0) is 11.5. The second-order valence-corrected chi connectivity index (χ2v) is 5.73. The van der Waals surface area contributed by atoms with Crippen LogP contribution in [-0.2, 0) is 5.41 Å². The lowest BCUT2D eigenvalue weighted by Crippen LogP contribution is -2.33. The Hall–Kier alpha value is 0.1000. The molecule has 0 aliphatic heterocycles. The molecule has 1 aromatic heterocycles. The molecule has 1 aromatic rings. The third-order valence-corrected chi connectivity index (χ3v) is 4.38. The average molecular weight is 311 g/mol. The van der Waals surface area contributed by atoms with E-state index in [0.717, 1.165) is 9.61 Å². The van der Waals surface area contributed by atoms with Gasteiger partial charge in [0.05, 0.1) is 6.10 Å². The topological polar surface area (TPSA) is 33.1 Å². The summed E-state index contributed by atoms with van der Waals surface area (Å²) in [4.78, 5) is 4.33. The molecule has 1 atom stereocenters. The molecule has 0 saturated heterocycles. The fourth-order valence-corrected chi connectivity index (χ4v) is 2.70. The Labute approximate surface area is 107 Å². The van der Waals surface area contributed by atoms with Gasteiger partial charge < -0.3 is 5.11 Å². The Bertz CT molecular complexity index is 351. The maximum Gasteiger partial charge on any atom is 0.117 e. The van der Waals surface area contributed by atoms with E-state index < -0.39 is 6.10 Å². The number of aromatic nitrogens is 1. The summed E-state index contributed by atoms with van der Waals surface area (Å²) in [5.74, 6) is 0. The predicted octanol–water partition coefficient (Wildman–Crippen LogP) is 3.69. The summed E-state index contributed by atoms with van der Waals surface area (Å²) in [5.41, 5.74) is 1.07. The van der Waals surface area contributed by atoms with Crippen LogP contribution in [0.1, 0.15) is 25.3 Å². The van der Waals surface area contributed by atoms with Crippen LogP contribution < -0.4 is 0 Å². The first kappa shape index (κ1) is 13.2. The lowest BCUT2D eigenvalue weighted by Gasteiger charge is -2.27. The van der Waals surface area contributed by atoms with Crippen LogP contribution in [0, 0.1) is 0 Å². The van der Waals surface area contributed by atoms with Gasteiger partial charge in [-0.3, -0.25) is 0 Å². The van der Waals surface area contributed by atoms with Crippen LogP contribution in [0.25, 0.3) is 0 Å². The van der Waals surface area contributed by atoms with Crippen LogP contribution >= 0.6 is 38.9 Å². The van der Waals surface area contributed by atoms with Gasteiger partial charge in [0.25, 0.3) is 0 Å². The summed E-state index contributed by atoms with van der Waals surface area (Å²) < 4.78 is 0.815. The molecule has 15 heavy (non-hydrogen) atoms. The molecule has 0 fully saturated rings. The molecular formula is C10H13BrClNOS. The molecule has 0 amide bonds. The summed E-state index contributed by atoms with van der Waals surface area (Å²) in [7, 11) is 0. The monoisotopic (exact) mass is 309 g/mol. The SMILES string of the molecule is CC(C)(c1nc(Br)cs1)[C@H](O)C/C=C\Cl. The van der Waals surface area contributed by atoms with Gasteiger partial charge in [-0.1, -0.05) is 31.5 Å². The Morgan fingerprint density at radius 1 is 1.73 bits per heavy atom. The van der Waals surface area contributed by atoms with Crippen molar-refractivity contribution in [3.8, 4) is 0 Å². The minimum atomic E-state index is -0.481. The minimum absolute atomic E-state index is 0.354. The van der Waals surface area contributed by atoms with Crippen molar-refractivity contribution in [2.75, 3.05) is 0 Å². The number of hydrogen-bond donors (Lipinski definition) is 1. The first-order chi connectivity index (χ1) is 6.98. The first-order valence-corrected chi connectivity index (χ1v) is 6.64. The standard InChI is InChI=1S/C10H13BrClNOS/c1-10(2,7(14)4-3-5-12)9-13-8(11)6-15-9/h3,5-7,14H,4H2,1-2H3/b5-3-/t7-/m1/s1. The van der Waals surface area contributed by atoms with Crippen LogP contribution in [0.3, 0.4) is 0 Å². The largest absolute Gasteiger partial charge is 0.392 e. The van der Waals surface area contributed by atoms with Gasteiger partial charge in [0.1, 0.15) is 9.61 Å². The maximum absolute atomic E-state index is 10.0. The van der Waals surface area contributed by atoms with E-state index >= 15 is 0 Å². The van der Waals surface area contributed by atoms with Crippen molar-refractivity contribution in [1.82, 2.24) is 4.98 Å². The average Bonchev–Trinajstić information content (AvgIpc) is 2.61. The molecular weight excluding hydrogens is 298 g/mol. The van der Waals surface area contributed by atoms with Gasteiger partial charge in [0.15, 0.2) is 0 Å². The van der Waals surface area contributed by atoms with Gasteiger partial charge in [-0.15, -0.1) is 11.3 Å². The van der Waals surface area contributed by atoms with E-state index in [4.69, 9.17) is 11.6 Å². The maximum atomic E-state index is 10.0. The predicted molar refractivity (Wildman–Crippen MR) is 68.5 cm³/mol. The Balaban J connectivity index is 2.81. The zero-order valence-corrected chi connectivity index (χ0v) is 11.7. The third kappa shape index (κ3) is 3.28. The summed E-state index contributed by atoms with van der Waals surface area (Å²) in [5, 5.41) is 12.9. The number of hydrogen-bond acceptors (Lipinski definition) is 3. The van der Waals surface area contributed by atoms with Crippen LogP contribution in [0.15, 0.2) is 21.6 Å². The Kier molecular flexibility index (Phi) is 4.77. The lowest BCUT2D eigenvalue weighted by molar-refractivity contribution is 0.102. The molecule has 84 valence electrons. The lowest BCUT2D eigenvalue weighted by atomic mass is 9.85. The molecule has 0 radical (unpaired) electrons. The van der Waals surface area contributed by atoms with Gasteiger partial charge in [0.2, 0.25) is 0 Å². The zero-order valence-electron chi connectivity index (χ0n) is 8.58. The molecule has 0 aromatic carbocycles. The molecule has 0 bridgehead atoms. The molecule has 0 saturated carbocycles. The van der Waals surface area contributed by atoms with E-state index in [2.05, 4.69) is 20.9 Å². The normalized spacial score (nSPS) is 14.7. The second kappa shape index (κ2) is 5.43. The van der Waals surface area contributed by atoms with Crippen molar-refractivity contribution in [2.24, 2.45) is 0 Å². The van der Waals surface area contributed by atoms with E-state index in [9.17, 15) is 5.11 Å². The summed E-state index contributed by atoms with van der Waals surface area (Å²) in [6.07, 6.45) is 1.80. The van der Waals surface area contributed by atoms with E-state index in [0.29, 0.717) is 6.42 Å².